The molecule has 0 radical (unpaired) electrons. The second kappa shape index (κ2) is 6.35. The zero-order chi connectivity index (χ0) is 9.52. The van der Waals surface area contributed by atoms with E-state index in [2.05, 4.69) is 17.3 Å². The highest BCUT2D eigenvalue weighted by Gasteiger charge is 2.20. The van der Waals surface area contributed by atoms with Crippen molar-refractivity contribution in [1.29, 1.82) is 0 Å². The van der Waals surface area contributed by atoms with E-state index in [1.165, 1.54) is 19.3 Å². The van der Waals surface area contributed by atoms with Gasteiger partial charge in [0.2, 0.25) is 0 Å². The maximum Gasteiger partial charge on any atom is 0.0443 e. The van der Waals surface area contributed by atoms with E-state index in [-0.39, 0.29) is 0 Å². The summed E-state index contributed by atoms with van der Waals surface area (Å²) in [4.78, 5) is 2.44. The highest BCUT2D eigenvalue weighted by Crippen LogP contribution is 2.22. The number of aliphatic hydroxyl groups excluding tert-OH is 1. The van der Waals surface area contributed by atoms with Gasteiger partial charge in [0.25, 0.3) is 0 Å². The van der Waals surface area contributed by atoms with Gasteiger partial charge in [0, 0.05) is 25.7 Å². The Morgan fingerprint density at radius 1 is 1.38 bits per heavy atom. The number of nitrogens with zero attached hydrogens (tertiary/aromatic N) is 1. The Bertz CT molecular complexity index is 126. The fourth-order valence-electron chi connectivity index (χ4n) is 1.59. The van der Waals surface area contributed by atoms with Gasteiger partial charge in [-0.05, 0) is 32.9 Å². The van der Waals surface area contributed by atoms with E-state index in [1.807, 2.05) is 0 Å². The standard InChI is InChI=1S/C10H22N2O/c1-12(10-4-2-5-10)8-7-11-6-3-9-13/h10-11,13H,2-9H2,1H3. The van der Waals surface area contributed by atoms with Gasteiger partial charge in [-0.1, -0.05) is 6.42 Å². The highest BCUT2D eigenvalue weighted by atomic mass is 16.3. The molecule has 0 spiro atoms. The summed E-state index contributed by atoms with van der Waals surface area (Å²) in [5.41, 5.74) is 0. The number of rotatable bonds is 7. The van der Waals surface area contributed by atoms with E-state index < -0.39 is 0 Å². The third-order valence-corrected chi connectivity index (χ3v) is 2.85. The first-order valence-electron chi connectivity index (χ1n) is 5.36. The van der Waals surface area contributed by atoms with Gasteiger partial charge in [-0.25, -0.2) is 0 Å². The van der Waals surface area contributed by atoms with Gasteiger partial charge in [-0.2, -0.15) is 0 Å². The Balaban J connectivity index is 1.86. The molecule has 78 valence electrons. The van der Waals surface area contributed by atoms with Gasteiger partial charge in [-0.15, -0.1) is 0 Å². The number of nitrogens with one attached hydrogen (secondary N) is 1. The van der Waals surface area contributed by atoms with Crippen LogP contribution in [0.5, 0.6) is 0 Å². The van der Waals surface area contributed by atoms with Crippen LogP contribution in [0.4, 0.5) is 0 Å². The molecule has 1 fully saturated rings. The van der Waals surface area contributed by atoms with Gasteiger partial charge in [0.15, 0.2) is 0 Å². The largest absolute Gasteiger partial charge is 0.396 e. The van der Waals surface area contributed by atoms with Crippen LogP contribution in [0.3, 0.4) is 0 Å². The molecule has 0 bridgehead atoms. The predicted octanol–water partition coefficient (Wildman–Crippen LogP) is 0.443. The average Bonchev–Trinajstić information content (AvgIpc) is 2.01. The van der Waals surface area contributed by atoms with Crippen molar-refractivity contribution < 1.29 is 5.11 Å². The molecule has 1 aliphatic rings. The highest BCUT2D eigenvalue weighted by molar-refractivity contribution is 4.77. The zero-order valence-electron chi connectivity index (χ0n) is 8.63. The van der Waals surface area contributed by atoms with Crippen LogP contribution in [0.25, 0.3) is 0 Å². The molecule has 0 amide bonds. The predicted molar refractivity (Wildman–Crippen MR) is 54.8 cm³/mol. The molecule has 1 aliphatic carbocycles. The van der Waals surface area contributed by atoms with Gasteiger partial charge in [0.1, 0.15) is 0 Å². The van der Waals surface area contributed by atoms with Crippen molar-refractivity contribution >= 4 is 0 Å². The SMILES string of the molecule is CN(CCNCCCO)C1CCC1. The summed E-state index contributed by atoms with van der Waals surface area (Å²) in [7, 11) is 2.21. The van der Waals surface area contributed by atoms with Gasteiger partial charge < -0.3 is 15.3 Å². The molecule has 1 rings (SSSR count). The van der Waals surface area contributed by atoms with Crippen molar-refractivity contribution in [3.8, 4) is 0 Å². The van der Waals surface area contributed by atoms with Gasteiger partial charge in [0.05, 0.1) is 0 Å². The van der Waals surface area contributed by atoms with Crippen molar-refractivity contribution in [1.82, 2.24) is 10.2 Å². The molecule has 3 heteroatoms. The fraction of sp³-hybridized carbons (Fsp3) is 1.00. The second-order valence-corrected chi connectivity index (χ2v) is 3.89. The van der Waals surface area contributed by atoms with Crippen molar-refractivity contribution in [3.05, 3.63) is 0 Å². The van der Waals surface area contributed by atoms with E-state index in [0.717, 1.165) is 32.1 Å². The Labute approximate surface area is 81.1 Å². The van der Waals surface area contributed by atoms with Gasteiger partial charge in [-0.3, -0.25) is 0 Å². The average molecular weight is 186 g/mol. The van der Waals surface area contributed by atoms with Crippen LogP contribution in [-0.2, 0) is 0 Å². The lowest BCUT2D eigenvalue weighted by molar-refractivity contribution is 0.160. The van der Waals surface area contributed by atoms with Crippen molar-refractivity contribution in [2.75, 3.05) is 33.3 Å². The second-order valence-electron chi connectivity index (χ2n) is 3.89. The van der Waals surface area contributed by atoms with Crippen LogP contribution in [0.1, 0.15) is 25.7 Å². The van der Waals surface area contributed by atoms with Crippen LogP contribution in [0, 0.1) is 0 Å². The lowest BCUT2D eigenvalue weighted by atomic mass is 9.92. The zero-order valence-corrected chi connectivity index (χ0v) is 8.63. The monoisotopic (exact) mass is 186 g/mol. The molecule has 3 nitrogen and oxygen atoms in total. The molecule has 1 saturated carbocycles. The maximum atomic E-state index is 8.56. The first kappa shape index (κ1) is 11.0. The number of hydrogen-bond acceptors (Lipinski definition) is 3. The minimum atomic E-state index is 0.297. The first-order chi connectivity index (χ1) is 6.34. The van der Waals surface area contributed by atoms with Gasteiger partial charge >= 0.3 is 0 Å². The summed E-state index contributed by atoms with van der Waals surface area (Å²) in [6.45, 7) is 3.42. The normalized spacial score (nSPS) is 17.8. The third kappa shape index (κ3) is 4.07. The molecule has 0 atom stereocenters. The maximum absolute atomic E-state index is 8.56. The van der Waals surface area contributed by atoms with Crippen LogP contribution in [0.2, 0.25) is 0 Å². The quantitative estimate of drug-likeness (QED) is 0.566. The molecule has 0 unspecified atom stereocenters. The summed E-state index contributed by atoms with van der Waals surface area (Å²) in [6, 6.07) is 0.847. The Morgan fingerprint density at radius 3 is 2.69 bits per heavy atom. The van der Waals surface area contributed by atoms with E-state index in [0.29, 0.717) is 6.61 Å². The summed E-state index contributed by atoms with van der Waals surface area (Å²) >= 11 is 0. The van der Waals surface area contributed by atoms with Crippen LogP contribution in [0.15, 0.2) is 0 Å². The Morgan fingerprint density at radius 2 is 2.15 bits per heavy atom. The molecule has 2 N–H and O–H groups in total. The molecule has 0 heterocycles. The number of hydrogen-bond donors (Lipinski definition) is 2. The van der Waals surface area contributed by atoms with Crippen LogP contribution < -0.4 is 5.32 Å². The molecule has 0 saturated heterocycles. The van der Waals surface area contributed by atoms with Crippen LogP contribution in [-0.4, -0.2) is 49.3 Å². The van der Waals surface area contributed by atoms with E-state index in [1.54, 1.807) is 0 Å². The van der Waals surface area contributed by atoms with E-state index in [9.17, 15) is 0 Å². The van der Waals surface area contributed by atoms with E-state index in [4.69, 9.17) is 5.11 Å². The van der Waals surface area contributed by atoms with Crippen molar-refractivity contribution in [3.63, 3.8) is 0 Å². The first-order valence-corrected chi connectivity index (χ1v) is 5.36. The number of likely N-dealkylation sites (N-methyl/N-ethyl adjacent to an activating group) is 1. The van der Waals surface area contributed by atoms with E-state index >= 15 is 0 Å². The minimum Gasteiger partial charge on any atom is -0.396 e. The summed E-state index contributed by atoms with van der Waals surface area (Å²) in [5.74, 6) is 0. The molecule has 0 aromatic rings. The topological polar surface area (TPSA) is 35.5 Å². The smallest absolute Gasteiger partial charge is 0.0443 e. The molecule has 0 aliphatic heterocycles. The summed E-state index contributed by atoms with van der Waals surface area (Å²) < 4.78 is 0. The third-order valence-electron chi connectivity index (χ3n) is 2.85. The van der Waals surface area contributed by atoms with Crippen molar-refractivity contribution in [2.24, 2.45) is 0 Å². The Kier molecular flexibility index (Phi) is 5.35. The molecular formula is C10H22N2O. The molecule has 0 aromatic carbocycles. The lowest BCUT2D eigenvalue weighted by Crippen LogP contribution is -2.40. The Hall–Kier alpha value is -0.120. The molecule has 13 heavy (non-hydrogen) atoms. The fourth-order valence-corrected chi connectivity index (χ4v) is 1.59. The summed E-state index contributed by atoms with van der Waals surface area (Å²) in [6.07, 6.45) is 5.04. The van der Waals surface area contributed by atoms with Crippen LogP contribution >= 0.6 is 0 Å². The van der Waals surface area contributed by atoms with Crippen molar-refractivity contribution in [2.45, 2.75) is 31.7 Å². The molecule has 0 aromatic heterocycles. The lowest BCUT2D eigenvalue weighted by Gasteiger charge is -2.34. The summed E-state index contributed by atoms with van der Waals surface area (Å²) in [5, 5.41) is 11.9. The number of aliphatic hydroxyl groups is 1. The molecular weight excluding hydrogens is 164 g/mol. The minimum absolute atomic E-state index is 0.297.